The van der Waals surface area contributed by atoms with Crippen LogP contribution in [0.1, 0.15) is 25.5 Å². The molecule has 0 bridgehead atoms. The van der Waals surface area contributed by atoms with Gasteiger partial charge in [-0.05, 0) is 45.1 Å². The van der Waals surface area contributed by atoms with Crippen molar-refractivity contribution >= 4 is 5.82 Å². The van der Waals surface area contributed by atoms with Gasteiger partial charge in [0.2, 0.25) is 0 Å². The lowest BCUT2D eigenvalue weighted by Gasteiger charge is -2.21. The summed E-state index contributed by atoms with van der Waals surface area (Å²) in [7, 11) is 2.18. The lowest BCUT2D eigenvalue weighted by Crippen LogP contribution is -2.29. The van der Waals surface area contributed by atoms with Crippen LogP contribution in [-0.2, 0) is 6.54 Å². The van der Waals surface area contributed by atoms with Crippen LogP contribution in [0.15, 0.2) is 12.1 Å². The van der Waals surface area contributed by atoms with Gasteiger partial charge in [-0.2, -0.15) is 5.10 Å². The van der Waals surface area contributed by atoms with Crippen molar-refractivity contribution in [1.29, 1.82) is 0 Å². The highest BCUT2D eigenvalue weighted by atomic mass is 15.3. The predicted octanol–water partition coefficient (Wildman–Crippen LogP) is 1.12. The topological polar surface area (TPSA) is 44.3 Å². The van der Waals surface area contributed by atoms with Crippen LogP contribution in [-0.4, -0.2) is 54.9 Å². The molecule has 0 amide bonds. The zero-order chi connectivity index (χ0) is 13.5. The largest absolute Gasteiger partial charge is 0.354 e. The highest BCUT2D eigenvalue weighted by Crippen LogP contribution is 2.12. The van der Waals surface area contributed by atoms with Gasteiger partial charge in [-0.25, -0.2) is 0 Å². The number of hydrogen-bond donors (Lipinski definition) is 1. The highest BCUT2D eigenvalue weighted by molar-refractivity contribution is 5.37. The normalized spacial score (nSPS) is 17.5. The summed E-state index contributed by atoms with van der Waals surface area (Å²) in [5.74, 6) is 1.01. The van der Waals surface area contributed by atoms with Crippen molar-refractivity contribution in [3.63, 3.8) is 0 Å². The molecular formula is C14H25N5. The Balaban J connectivity index is 1.90. The van der Waals surface area contributed by atoms with E-state index < -0.39 is 0 Å². The Morgan fingerprint density at radius 1 is 1.16 bits per heavy atom. The van der Waals surface area contributed by atoms with Crippen LogP contribution in [0.5, 0.6) is 0 Å². The van der Waals surface area contributed by atoms with E-state index in [4.69, 9.17) is 0 Å². The molecule has 1 fully saturated rings. The number of aromatic nitrogens is 2. The van der Waals surface area contributed by atoms with Gasteiger partial charge in [-0.1, -0.05) is 6.92 Å². The van der Waals surface area contributed by atoms with E-state index in [1.165, 1.54) is 13.0 Å². The molecule has 0 unspecified atom stereocenters. The third-order valence-electron chi connectivity index (χ3n) is 3.48. The van der Waals surface area contributed by atoms with E-state index in [0.717, 1.165) is 50.7 Å². The minimum Gasteiger partial charge on any atom is -0.354 e. The maximum absolute atomic E-state index is 4.37. The average Bonchev–Trinajstić information content (AvgIpc) is 2.65. The smallest absolute Gasteiger partial charge is 0.151 e. The molecule has 1 N–H and O–H groups in total. The lowest BCUT2D eigenvalue weighted by atomic mass is 10.3. The molecule has 0 spiro atoms. The molecule has 1 aromatic heterocycles. The molecule has 106 valence electrons. The summed E-state index contributed by atoms with van der Waals surface area (Å²) in [6.45, 7) is 8.39. The Hall–Kier alpha value is -1.20. The van der Waals surface area contributed by atoms with Gasteiger partial charge in [0.05, 0.1) is 5.69 Å². The molecule has 1 aliphatic heterocycles. The summed E-state index contributed by atoms with van der Waals surface area (Å²) in [4.78, 5) is 4.70. The van der Waals surface area contributed by atoms with Crippen LogP contribution in [0, 0.1) is 0 Å². The van der Waals surface area contributed by atoms with Gasteiger partial charge >= 0.3 is 0 Å². The van der Waals surface area contributed by atoms with E-state index in [9.17, 15) is 0 Å². The fraction of sp³-hybridized carbons (Fsp3) is 0.714. The fourth-order valence-corrected chi connectivity index (χ4v) is 2.28. The molecule has 0 atom stereocenters. The number of rotatable bonds is 5. The predicted molar refractivity (Wildman–Crippen MR) is 78.4 cm³/mol. The SMILES string of the molecule is CCCNCc1ccc(N2CCCN(C)CC2)nn1. The van der Waals surface area contributed by atoms with E-state index in [1.54, 1.807) is 0 Å². The molecule has 0 aromatic carbocycles. The summed E-state index contributed by atoms with van der Waals surface area (Å²) in [6.07, 6.45) is 2.34. The Kier molecular flexibility index (Phi) is 5.54. The van der Waals surface area contributed by atoms with Crippen molar-refractivity contribution in [2.45, 2.75) is 26.3 Å². The first kappa shape index (κ1) is 14.2. The van der Waals surface area contributed by atoms with Gasteiger partial charge in [0, 0.05) is 26.2 Å². The van der Waals surface area contributed by atoms with Gasteiger partial charge in [0.25, 0.3) is 0 Å². The maximum Gasteiger partial charge on any atom is 0.151 e. The lowest BCUT2D eigenvalue weighted by molar-refractivity contribution is 0.360. The minimum atomic E-state index is 0.809. The van der Waals surface area contributed by atoms with Crippen molar-refractivity contribution in [3.05, 3.63) is 17.8 Å². The Bertz CT molecular complexity index is 365. The molecular weight excluding hydrogens is 238 g/mol. The second kappa shape index (κ2) is 7.40. The molecule has 0 radical (unpaired) electrons. The quantitative estimate of drug-likeness (QED) is 0.807. The zero-order valence-electron chi connectivity index (χ0n) is 12.1. The summed E-state index contributed by atoms with van der Waals surface area (Å²) < 4.78 is 0. The molecule has 0 aliphatic carbocycles. The van der Waals surface area contributed by atoms with Gasteiger partial charge in [-0.15, -0.1) is 5.10 Å². The molecule has 5 nitrogen and oxygen atoms in total. The first-order valence-electron chi connectivity index (χ1n) is 7.26. The number of likely N-dealkylation sites (N-methyl/N-ethyl adjacent to an activating group) is 1. The third-order valence-corrected chi connectivity index (χ3v) is 3.48. The first-order chi connectivity index (χ1) is 9.29. The summed E-state index contributed by atoms with van der Waals surface area (Å²) in [5, 5.41) is 12.0. The van der Waals surface area contributed by atoms with Crippen LogP contribution < -0.4 is 10.2 Å². The molecule has 0 saturated carbocycles. The fourth-order valence-electron chi connectivity index (χ4n) is 2.28. The molecule has 1 aliphatic rings. The van der Waals surface area contributed by atoms with Gasteiger partial charge < -0.3 is 15.1 Å². The Morgan fingerprint density at radius 3 is 2.79 bits per heavy atom. The molecule has 2 heterocycles. The zero-order valence-corrected chi connectivity index (χ0v) is 12.1. The van der Waals surface area contributed by atoms with Crippen molar-refractivity contribution in [1.82, 2.24) is 20.4 Å². The van der Waals surface area contributed by atoms with Crippen LogP contribution in [0.25, 0.3) is 0 Å². The molecule has 1 aromatic rings. The van der Waals surface area contributed by atoms with Crippen LogP contribution >= 0.6 is 0 Å². The van der Waals surface area contributed by atoms with E-state index in [2.05, 4.69) is 51.4 Å². The molecule has 2 rings (SSSR count). The van der Waals surface area contributed by atoms with Crippen LogP contribution in [0.3, 0.4) is 0 Å². The number of anilines is 1. The average molecular weight is 263 g/mol. The third kappa shape index (κ3) is 4.44. The summed E-state index contributed by atoms with van der Waals surface area (Å²) in [5.41, 5.74) is 1.02. The van der Waals surface area contributed by atoms with E-state index in [0.29, 0.717) is 0 Å². The number of hydrogen-bond acceptors (Lipinski definition) is 5. The molecule has 1 saturated heterocycles. The second-order valence-electron chi connectivity index (χ2n) is 5.20. The summed E-state index contributed by atoms with van der Waals surface area (Å²) >= 11 is 0. The highest BCUT2D eigenvalue weighted by Gasteiger charge is 2.13. The van der Waals surface area contributed by atoms with Crippen LogP contribution in [0.4, 0.5) is 5.82 Å². The van der Waals surface area contributed by atoms with E-state index in [1.807, 2.05) is 0 Å². The van der Waals surface area contributed by atoms with Crippen molar-refractivity contribution in [2.75, 3.05) is 44.7 Å². The Morgan fingerprint density at radius 2 is 2.05 bits per heavy atom. The van der Waals surface area contributed by atoms with Gasteiger partial charge in [-0.3, -0.25) is 0 Å². The monoisotopic (exact) mass is 263 g/mol. The van der Waals surface area contributed by atoms with Crippen LogP contribution in [0.2, 0.25) is 0 Å². The number of nitrogens with one attached hydrogen (secondary N) is 1. The molecule has 19 heavy (non-hydrogen) atoms. The number of nitrogens with zero attached hydrogens (tertiary/aromatic N) is 4. The van der Waals surface area contributed by atoms with Gasteiger partial charge in [0.1, 0.15) is 0 Å². The second-order valence-corrected chi connectivity index (χ2v) is 5.20. The van der Waals surface area contributed by atoms with E-state index in [-0.39, 0.29) is 0 Å². The minimum absolute atomic E-state index is 0.809. The standard InChI is InChI=1S/C14H25N5/c1-3-7-15-12-13-5-6-14(17-16-13)19-9-4-8-18(2)10-11-19/h5-6,15H,3-4,7-12H2,1-2H3. The molecule has 5 heteroatoms. The van der Waals surface area contributed by atoms with E-state index >= 15 is 0 Å². The first-order valence-corrected chi connectivity index (χ1v) is 7.26. The van der Waals surface area contributed by atoms with Gasteiger partial charge in [0.15, 0.2) is 5.82 Å². The maximum atomic E-state index is 4.37. The Labute approximate surface area is 116 Å². The van der Waals surface area contributed by atoms with Crippen molar-refractivity contribution < 1.29 is 0 Å². The van der Waals surface area contributed by atoms with Crippen molar-refractivity contribution in [2.24, 2.45) is 0 Å². The summed E-state index contributed by atoms with van der Waals surface area (Å²) in [6, 6.07) is 4.18. The van der Waals surface area contributed by atoms with Crippen molar-refractivity contribution in [3.8, 4) is 0 Å².